The Hall–Kier alpha value is -2.95. The number of amides is 3. The van der Waals surface area contributed by atoms with Crippen LogP contribution in [0, 0.1) is 5.92 Å². The van der Waals surface area contributed by atoms with Crippen LogP contribution in [0.1, 0.15) is 70.0 Å². The molecular weight excluding hydrogens is 376 g/mol. The van der Waals surface area contributed by atoms with E-state index in [2.05, 4.69) is 6.07 Å². The fourth-order valence-corrected chi connectivity index (χ4v) is 5.27. The molecule has 30 heavy (non-hydrogen) atoms. The summed E-state index contributed by atoms with van der Waals surface area (Å²) in [7, 11) is 0. The summed E-state index contributed by atoms with van der Waals surface area (Å²) in [6, 6.07) is 14.8. The molecule has 2 aromatic rings. The lowest BCUT2D eigenvalue weighted by atomic mass is 9.85. The molecule has 2 aromatic carbocycles. The molecule has 154 valence electrons. The van der Waals surface area contributed by atoms with Crippen molar-refractivity contribution in [2.75, 3.05) is 13.1 Å². The van der Waals surface area contributed by atoms with Crippen molar-refractivity contribution in [1.29, 1.82) is 0 Å². The van der Waals surface area contributed by atoms with Gasteiger partial charge in [0.25, 0.3) is 11.8 Å². The van der Waals surface area contributed by atoms with Gasteiger partial charge in [0.05, 0.1) is 23.7 Å². The SMILES string of the molecule is O=C1c2ccccc2C(=O)N1C[C@H]1c2ccccc2CCN1C(=O)C1CCCCC1. The van der Waals surface area contributed by atoms with Gasteiger partial charge in [0.2, 0.25) is 5.91 Å². The third-order valence-electron chi connectivity index (χ3n) is 6.88. The summed E-state index contributed by atoms with van der Waals surface area (Å²) in [6.45, 7) is 0.849. The van der Waals surface area contributed by atoms with Gasteiger partial charge in [-0.2, -0.15) is 0 Å². The van der Waals surface area contributed by atoms with E-state index >= 15 is 0 Å². The second-order valence-corrected chi connectivity index (χ2v) is 8.60. The molecule has 3 amide bonds. The summed E-state index contributed by atoms with van der Waals surface area (Å²) >= 11 is 0. The first kappa shape index (κ1) is 19.0. The first-order chi connectivity index (χ1) is 14.6. The molecule has 2 aliphatic heterocycles. The second kappa shape index (κ2) is 7.71. The van der Waals surface area contributed by atoms with E-state index in [-0.39, 0.29) is 36.2 Å². The number of carbonyl (C=O) groups is 3. The van der Waals surface area contributed by atoms with Gasteiger partial charge in [-0.05, 0) is 42.5 Å². The lowest BCUT2D eigenvalue weighted by Crippen LogP contribution is -2.48. The molecule has 1 aliphatic carbocycles. The normalized spacial score (nSPS) is 21.5. The maximum Gasteiger partial charge on any atom is 0.261 e. The van der Waals surface area contributed by atoms with Crippen LogP contribution in [0.5, 0.6) is 0 Å². The van der Waals surface area contributed by atoms with Crippen LogP contribution in [0.25, 0.3) is 0 Å². The highest BCUT2D eigenvalue weighted by Crippen LogP contribution is 2.36. The van der Waals surface area contributed by atoms with Crippen molar-refractivity contribution in [2.24, 2.45) is 5.92 Å². The minimum Gasteiger partial charge on any atom is -0.333 e. The van der Waals surface area contributed by atoms with Crippen LogP contribution in [0.15, 0.2) is 48.5 Å². The number of rotatable bonds is 3. The van der Waals surface area contributed by atoms with E-state index in [1.54, 1.807) is 24.3 Å². The van der Waals surface area contributed by atoms with E-state index in [1.807, 2.05) is 23.1 Å². The summed E-state index contributed by atoms with van der Waals surface area (Å²) < 4.78 is 0. The molecule has 5 heteroatoms. The molecule has 1 saturated carbocycles. The van der Waals surface area contributed by atoms with Crippen molar-refractivity contribution < 1.29 is 14.4 Å². The Kier molecular flexibility index (Phi) is 4.89. The average molecular weight is 402 g/mol. The van der Waals surface area contributed by atoms with E-state index in [0.717, 1.165) is 37.7 Å². The van der Waals surface area contributed by atoms with Crippen LogP contribution in [0.3, 0.4) is 0 Å². The Morgan fingerprint density at radius 3 is 2.20 bits per heavy atom. The standard InChI is InChI=1S/C25H26N2O3/c28-23(18-9-2-1-3-10-18)26-15-14-17-8-4-5-11-19(17)22(26)16-27-24(29)20-12-6-7-13-21(20)25(27)30/h4-8,11-13,18,22H,1-3,9-10,14-16H2/t22-/m0/s1. The van der Waals surface area contributed by atoms with E-state index in [1.165, 1.54) is 16.9 Å². The summed E-state index contributed by atoms with van der Waals surface area (Å²) in [4.78, 5) is 42.7. The first-order valence-electron chi connectivity index (χ1n) is 11.0. The van der Waals surface area contributed by atoms with Gasteiger partial charge >= 0.3 is 0 Å². The summed E-state index contributed by atoms with van der Waals surface area (Å²) in [5, 5.41) is 0. The number of fused-ring (bicyclic) bond motifs is 2. The lowest BCUT2D eigenvalue weighted by Gasteiger charge is -2.41. The van der Waals surface area contributed by atoms with Gasteiger partial charge in [0, 0.05) is 12.5 Å². The van der Waals surface area contributed by atoms with E-state index in [0.29, 0.717) is 17.7 Å². The largest absolute Gasteiger partial charge is 0.333 e. The van der Waals surface area contributed by atoms with Crippen molar-refractivity contribution in [3.8, 4) is 0 Å². The summed E-state index contributed by atoms with van der Waals surface area (Å²) in [5.41, 5.74) is 3.17. The van der Waals surface area contributed by atoms with Crippen molar-refractivity contribution >= 4 is 17.7 Å². The summed E-state index contributed by atoms with van der Waals surface area (Å²) in [5.74, 6) is -0.271. The zero-order valence-corrected chi connectivity index (χ0v) is 17.0. The Balaban J connectivity index is 1.47. The lowest BCUT2D eigenvalue weighted by molar-refractivity contribution is -0.139. The molecule has 0 N–H and O–H groups in total. The van der Waals surface area contributed by atoms with Gasteiger partial charge in [0.1, 0.15) is 0 Å². The predicted molar refractivity (Wildman–Crippen MR) is 113 cm³/mol. The third kappa shape index (κ3) is 3.13. The molecule has 1 fully saturated rings. The van der Waals surface area contributed by atoms with Crippen LogP contribution in [0.4, 0.5) is 0 Å². The molecule has 0 aromatic heterocycles. The molecule has 0 spiro atoms. The molecule has 0 bridgehead atoms. The maximum absolute atomic E-state index is 13.5. The molecule has 0 saturated heterocycles. The topological polar surface area (TPSA) is 57.7 Å². The molecule has 5 nitrogen and oxygen atoms in total. The molecule has 3 aliphatic rings. The highest BCUT2D eigenvalue weighted by atomic mass is 16.2. The van der Waals surface area contributed by atoms with E-state index in [4.69, 9.17) is 0 Å². The predicted octanol–water partition coefficient (Wildman–Crippen LogP) is 3.99. The minimum absolute atomic E-state index is 0.0636. The van der Waals surface area contributed by atoms with Crippen LogP contribution in [0.2, 0.25) is 0 Å². The van der Waals surface area contributed by atoms with Crippen molar-refractivity contribution in [1.82, 2.24) is 9.80 Å². The zero-order valence-electron chi connectivity index (χ0n) is 17.0. The minimum atomic E-state index is -0.286. The Bertz CT molecular complexity index is 974. The van der Waals surface area contributed by atoms with Gasteiger partial charge in [-0.3, -0.25) is 19.3 Å². The van der Waals surface area contributed by atoms with Crippen LogP contribution < -0.4 is 0 Å². The Morgan fingerprint density at radius 2 is 1.50 bits per heavy atom. The van der Waals surface area contributed by atoms with Crippen molar-refractivity contribution in [3.05, 3.63) is 70.8 Å². The molecule has 5 rings (SSSR count). The molecule has 0 unspecified atom stereocenters. The van der Waals surface area contributed by atoms with Gasteiger partial charge in [0.15, 0.2) is 0 Å². The number of nitrogens with zero attached hydrogens (tertiary/aromatic N) is 2. The molecule has 0 radical (unpaired) electrons. The smallest absolute Gasteiger partial charge is 0.261 e. The molecular formula is C25H26N2O3. The fraction of sp³-hybridized carbons (Fsp3) is 0.400. The highest BCUT2D eigenvalue weighted by molar-refractivity contribution is 6.21. The van der Waals surface area contributed by atoms with Gasteiger partial charge in [-0.1, -0.05) is 55.7 Å². The van der Waals surface area contributed by atoms with Crippen LogP contribution in [-0.2, 0) is 11.2 Å². The zero-order chi connectivity index (χ0) is 20.7. The number of carbonyl (C=O) groups excluding carboxylic acids is 3. The number of benzene rings is 2. The monoisotopic (exact) mass is 402 g/mol. The molecule has 1 atom stereocenters. The van der Waals surface area contributed by atoms with Crippen molar-refractivity contribution in [3.63, 3.8) is 0 Å². The first-order valence-corrected chi connectivity index (χ1v) is 11.0. The number of hydrogen-bond donors (Lipinski definition) is 0. The average Bonchev–Trinajstić information content (AvgIpc) is 3.04. The van der Waals surface area contributed by atoms with E-state index in [9.17, 15) is 14.4 Å². The Morgan fingerprint density at radius 1 is 0.867 bits per heavy atom. The number of imide groups is 1. The number of hydrogen-bond acceptors (Lipinski definition) is 3. The van der Waals surface area contributed by atoms with E-state index < -0.39 is 0 Å². The van der Waals surface area contributed by atoms with Gasteiger partial charge in [-0.15, -0.1) is 0 Å². The Labute approximate surface area is 176 Å². The van der Waals surface area contributed by atoms with Gasteiger partial charge < -0.3 is 4.90 Å². The summed E-state index contributed by atoms with van der Waals surface area (Å²) in [6.07, 6.45) is 6.10. The van der Waals surface area contributed by atoms with Crippen LogP contribution >= 0.6 is 0 Å². The van der Waals surface area contributed by atoms with Gasteiger partial charge in [-0.25, -0.2) is 0 Å². The second-order valence-electron chi connectivity index (χ2n) is 8.60. The highest BCUT2D eigenvalue weighted by Gasteiger charge is 2.41. The quantitative estimate of drug-likeness (QED) is 0.730. The molecule has 2 heterocycles. The fourth-order valence-electron chi connectivity index (χ4n) is 5.27. The van der Waals surface area contributed by atoms with Crippen LogP contribution in [-0.4, -0.2) is 40.6 Å². The maximum atomic E-state index is 13.5. The van der Waals surface area contributed by atoms with Crippen molar-refractivity contribution in [2.45, 2.75) is 44.6 Å². The third-order valence-corrected chi connectivity index (χ3v) is 6.88.